The number of nitrogens with zero attached hydrogens (tertiary/aromatic N) is 2. The average molecular weight is 388 g/mol. The maximum absolute atomic E-state index is 11.1. The first kappa shape index (κ1) is 18.5. The molecule has 0 saturated carbocycles. The van der Waals surface area contributed by atoms with Crippen LogP contribution in [0.25, 0.3) is 33.4 Å². The summed E-state index contributed by atoms with van der Waals surface area (Å²) >= 11 is 0. The lowest BCUT2D eigenvalue weighted by Gasteiger charge is -2.11. The molecule has 0 amide bonds. The van der Waals surface area contributed by atoms with E-state index in [1.807, 2.05) is 44.2 Å². The number of nitrogens with two attached hydrogens (primary N) is 1. The molecule has 0 spiro atoms. The third-order valence-electron chi connectivity index (χ3n) is 4.50. The Labute approximate surface area is 167 Å². The summed E-state index contributed by atoms with van der Waals surface area (Å²) in [7, 11) is 0. The van der Waals surface area contributed by atoms with E-state index in [0.717, 1.165) is 27.8 Å². The summed E-state index contributed by atoms with van der Waals surface area (Å²) in [5.41, 5.74) is 10.1. The van der Waals surface area contributed by atoms with Crippen LogP contribution in [0, 0.1) is 0 Å². The highest BCUT2D eigenvalue weighted by atomic mass is 16.5. The molecule has 0 aliphatic heterocycles. The number of rotatable bonds is 5. The molecule has 0 atom stereocenters. The fourth-order valence-electron chi connectivity index (χ4n) is 3.17. The molecule has 0 radical (unpaired) electrons. The number of fused-ring (bicyclic) bond motifs is 1. The molecule has 4 aromatic rings. The number of anilines is 1. The molecule has 0 aliphatic carbocycles. The second-order valence-corrected chi connectivity index (χ2v) is 6.96. The van der Waals surface area contributed by atoms with Crippen LogP contribution < -0.4 is 10.5 Å². The molecule has 2 aromatic heterocycles. The van der Waals surface area contributed by atoms with Crippen molar-refractivity contribution in [2.45, 2.75) is 20.0 Å². The molecule has 29 heavy (non-hydrogen) atoms. The number of pyridine rings is 1. The van der Waals surface area contributed by atoms with Crippen molar-refractivity contribution in [2.24, 2.45) is 0 Å². The van der Waals surface area contributed by atoms with Gasteiger partial charge in [-0.2, -0.15) is 5.10 Å². The minimum absolute atomic E-state index is 0.0901. The maximum atomic E-state index is 11.1. The largest absolute Gasteiger partial charge is 0.491 e. The van der Waals surface area contributed by atoms with Gasteiger partial charge in [-0.1, -0.05) is 12.1 Å². The Hall–Kier alpha value is -3.87. The number of carbonyl (C=O) groups is 1. The predicted molar refractivity (Wildman–Crippen MR) is 112 cm³/mol. The Kier molecular flexibility index (Phi) is 4.64. The number of carboxylic acids is 1. The first-order chi connectivity index (χ1) is 13.9. The van der Waals surface area contributed by atoms with E-state index in [1.165, 1.54) is 0 Å². The number of hydrogen-bond donors (Lipinski definition) is 3. The van der Waals surface area contributed by atoms with E-state index >= 15 is 0 Å². The molecule has 0 bridgehead atoms. The fraction of sp³-hybridized carbons (Fsp3) is 0.136. The Morgan fingerprint density at radius 3 is 2.34 bits per heavy atom. The Balaban J connectivity index is 1.82. The van der Waals surface area contributed by atoms with Crippen molar-refractivity contribution >= 4 is 22.7 Å². The van der Waals surface area contributed by atoms with Crippen LogP contribution in [0.1, 0.15) is 24.2 Å². The van der Waals surface area contributed by atoms with Crippen LogP contribution in [-0.2, 0) is 0 Å². The van der Waals surface area contributed by atoms with Gasteiger partial charge in [0.1, 0.15) is 5.75 Å². The highest BCUT2D eigenvalue weighted by Gasteiger charge is 2.15. The van der Waals surface area contributed by atoms with Gasteiger partial charge in [-0.3, -0.25) is 5.10 Å². The van der Waals surface area contributed by atoms with Crippen LogP contribution in [0.2, 0.25) is 0 Å². The van der Waals surface area contributed by atoms with Crippen LogP contribution in [0.4, 0.5) is 5.82 Å². The smallest absolute Gasteiger partial charge is 0.335 e. The van der Waals surface area contributed by atoms with Gasteiger partial charge in [-0.15, -0.1) is 0 Å². The minimum Gasteiger partial charge on any atom is -0.491 e. The Morgan fingerprint density at radius 2 is 1.72 bits per heavy atom. The number of hydrogen-bond acceptors (Lipinski definition) is 5. The molecule has 4 N–H and O–H groups in total. The van der Waals surface area contributed by atoms with E-state index in [1.54, 1.807) is 24.3 Å². The number of benzene rings is 2. The Morgan fingerprint density at radius 1 is 1.07 bits per heavy atom. The van der Waals surface area contributed by atoms with Crippen LogP contribution in [0.5, 0.6) is 5.75 Å². The van der Waals surface area contributed by atoms with Crippen molar-refractivity contribution < 1.29 is 14.6 Å². The van der Waals surface area contributed by atoms with E-state index in [9.17, 15) is 4.79 Å². The number of nitrogens with one attached hydrogen (secondary N) is 1. The molecule has 7 nitrogen and oxygen atoms in total. The van der Waals surface area contributed by atoms with Gasteiger partial charge in [-0.25, -0.2) is 9.78 Å². The summed E-state index contributed by atoms with van der Waals surface area (Å²) in [6.45, 7) is 3.95. The number of aromatic nitrogens is 3. The van der Waals surface area contributed by atoms with E-state index in [2.05, 4.69) is 10.2 Å². The molecule has 146 valence electrons. The minimum atomic E-state index is -0.967. The number of nitrogen functional groups attached to an aromatic ring is 1. The van der Waals surface area contributed by atoms with Crippen molar-refractivity contribution in [3.63, 3.8) is 0 Å². The molecular formula is C22H20N4O3. The van der Waals surface area contributed by atoms with Crippen LogP contribution >= 0.6 is 0 Å². The van der Waals surface area contributed by atoms with Gasteiger partial charge < -0.3 is 15.6 Å². The summed E-state index contributed by atoms with van der Waals surface area (Å²) < 4.78 is 5.71. The van der Waals surface area contributed by atoms with E-state index in [0.29, 0.717) is 17.2 Å². The zero-order valence-electron chi connectivity index (χ0n) is 16.0. The molecule has 0 saturated heterocycles. The van der Waals surface area contributed by atoms with E-state index < -0.39 is 5.97 Å². The fourth-order valence-corrected chi connectivity index (χ4v) is 3.17. The summed E-state index contributed by atoms with van der Waals surface area (Å²) in [4.78, 5) is 15.9. The van der Waals surface area contributed by atoms with Crippen LogP contribution in [0.3, 0.4) is 0 Å². The van der Waals surface area contributed by atoms with Gasteiger partial charge >= 0.3 is 5.97 Å². The van der Waals surface area contributed by atoms with Crippen molar-refractivity contribution in [3.8, 4) is 28.3 Å². The third-order valence-corrected chi connectivity index (χ3v) is 4.50. The quantitative estimate of drug-likeness (QED) is 0.468. The van der Waals surface area contributed by atoms with Crippen molar-refractivity contribution in [2.75, 3.05) is 5.73 Å². The molecule has 2 aromatic carbocycles. The van der Waals surface area contributed by atoms with Gasteiger partial charge in [0.05, 0.1) is 34.0 Å². The molecule has 0 unspecified atom stereocenters. The Bertz CT molecular complexity index is 1180. The van der Waals surface area contributed by atoms with Gasteiger partial charge in [0.25, 0.3) is 0 Å². The molecule has 4 rings (SSSR count). The number of aromatic carboxylic acids is 1. The molecular weight excluding hydrogens is 368 g/mol. The zero-order valence-corrected chi connectivity index (χ0v) is 16.0. The van der Waals surface area contributed by atoms with Gasteiger partial charge in [0.15, 0.2) is 5.82 Å². The van der Waals surface area contributed by atoms with E-state index in [4.69, 9.17) is 20.6 Å². The summed E-state index contributed by atoms with van der Waals surface area (Å²) in [5.74, 6) is 0.184. The molecule has 0 fully saturated rings. The number of ether oxygens (including phenoxy) is 1. The first-order valence-corrected chi connectivity index (χ1v) is 9.18. The maximum Gasteiger partial charge on any atom is 0.335 e. The predicted octanol–water partition coefficient (Wildman–Crippen LogP) is 4.36. The van der Waals surface area contributed by atoms with Crippen LogP contribution in [0.15, 0.2) is 54.6 Å². The van der Waals surface area contributed by atoms with Gasteiger partial charge in [0.2, 0.25) is 0 Å². The molecule has 7 heteroatoms. The number of aromatic amines is 1. The average Bonchev–Trinajstić information content (AvgIpc) is 3.08. The number of H-pyrrole nitrogens is 1. The second kappa shape index (κ2) is 7.27. The lowest BCUT2D eigenvalue weighted by Crippen LogP contribution is -2.05. The zero-order chi connectivity index (χ0) is 20.5. The van der Waals surface area contributed by atoms with Crippen molar-refractivity contribution in [1.82, 2.24) is 15.2 Å². The molecule has 0 aliphatic rings. The van der Waals surface area contributed by atoms with Crippen molar-refractivity contribution in [3.05, 3.63) is 60.2 Å². The summed E-state index contributed by atoms with van der Waals surface area (Å²) in [6, 6.07) is 16.1. The standard InChI is InChI=1S/C22H20N4O3/c1-12(2)29-16-9-7-14(8-10-16)20-19-18(25-26-21(19)23)11-17(24-20)13-3-5-15(6-4-13)22(27)28/h3-12H,1-2H3,(H,27,28)(H3,23,25,26). The van der Waals surface area contributed by atoms with Crippen molar-refractivity contribution in [1.29, 1.82) is 0 Å². The SMILES string of the molecule is CC(C)Oc1ccc(-c2nc(-c3ccc(C(=O)O)cc3)cc3[nH]nc(N)c23)cc1. The topological polar surface area (TPSA) is 114 Å². The monoisotopic (exact) mass is 388 g/mol. The number of carboxylic acid groups (broad SMARTS) is 1. The second-order valence-electron chi connectivity index (χ2n) is 6.96. The first-order valence-electron chi connectivity index (χ1n) is 9.18. The summed E-state index contributed by atoms with van der Waals surface area (Å²) in [5, 5.41) is 16.9. The van der Waals surface area contributed by atoms with Gasteiger partial charge in [-0.05, 0) is 56.3 Å². The normalized spacial score (nSPS) is 11.1. The third kappa shape index (κ3) is 3.62. The van der Waals surface area contributed by atoms with Gasteiger partial charge in [0, 0.05) is 11.1 Å². The highest BCUT2D eigenvalue weighted by molar-refractivity contribution is 6.01. The lowest BCUT2D eigenvalue weighted by atomic mass is 10.0. The summed E-state index contributed by atoms with van der Waals surface area (Å²) in [6.07, 6.45) is 0.0901. The van der Waals surface area contributed by atoms with E-state index in [-0.39, 0.29) is 11.7 Å². The van der Waals surface area contributed by atoms with Crippen LogP contribution in [-0.4, -0.2) is 32.4 Å². The lowest BCUT2D eigenvalue weighted by molar-refractivity contribution is 0.0697. The molecule has 2 heterocycles. The highest BCUT2D eigenvalue weighted by Crippen LogP contribution is 2.34.